The van der Waals surface area contributed by atoms with Gasteiger partial charge in [-0.25, -0.2) is 9.79 Å². The first-order valence-electron chi connectivity index (χ1n) is 11.7. The smallest absolute Gasteiger partial charge is 0.338 e. The molecule has 8 nitrogen and oxygen atoms in total. The molecule has 0 saturated carbocycles. The van der Waals surface area contributed by atoms with Crippen molar-refractivity contribution in [3.63, 3.8) is 0 Å². The third kappa shape index (κ3) is 5.35. The molecule has 0 fully saturated rings. The third-order valence-corrected chi connectivity index (χ3v) is 7.24. The fraction of sp³-hybridized carbons (Fsp3) is 0.296. The van der Waals surface area contributed by atoms with Gasteiger partial charge in [-0.05, 0) is 85.1 Å². The summed E-state index contributed by atoms with van der Waals surface area (Å²) in [5.74, 6) is 0.422. The molecule has 0 spiro atoms. The van der Waals surface area contributed by atoms with Crippen LogP contribution in [0.25, 0.3) is 6.08 Å². The molecule has 0 bridgehead atoms. The Bertz CT molecular complexity index is 1550. The highest BCUT2D eigenvalue weighted by molar-refractivity contribution is 9.10. The highest BCUT2D eigenvalue weighted by Crippen LogP contribution is 2.35. The number of benzene rings is 2. The number of fused-ring (bicyclic) bond motifs is 1. The number of aromatic hydroxyl groups is 1. The Morgan fingerprint density at radius 2 is 1.97 bits per heavy atom. The Morgan fingerprint density at radius 1 is 1.27 bits per heavy atom. The van der Waals surface area contributed by atoms with Crippen LogP contribution in [0.15, 0.2) is 61.9 Å². The van der Waals surface area contributed by atoms with Gasteiger partial charge in [0.2, 0.25) is 0 Å². The normalized spacial score (nSPS) is 15.4. The number of carbonyl (C=O) groups excluding carboxylic acids is 1. The number of hydrogen-bond donors (Lipinski definition) is 1. The largest absolute Gasteiger partial charge is 0.503 e. The summed E-state index contributed by atoms with van der Waals surface area (Å²) in [6.45, 7) is 7.57. The lowest BCUT2D eigenvalue weighted by atomic mass is 9.96. The van der Waals surface area contributed by atoms with Crippen molar-refractivity contribution in [3.8, 4) is 17.2 Å². The molecular weight excluding hydrogens is 560 g/mol. The molecule has 1 aromatic heterocycles. The summed E-state index contributed by atoms with van der Waals surface area (Å²) in [5.41, 5.74) is 1.89. The van der Waals surface area contributed by atoms with E-state index in [1.54, 1.807) is 32.1 Å². The van der Waals surface area contributed by atoms with Crippen molar-refractivity contribution in [1.29, 1.82) is 0 Å². The molecule has 1 atom stereocenters. The molecule has 0 aliphatic carbocycles. The van der Waals surface area contributed by atoms with Crippen LogP contribution < -0.4 is 24.4 Å². The van der Waals surface area contributed by atoms with Gasteiger partial charge in [-0.2, -0.15) is 0 Å². The zero-order chi connectivity index (χ0) is 26.9. The van der Waals surface area contributed by atoms with Crippen molar-refractivity contribution >= 4 is 39.3 Å². The van der Waals surface area contributed by atoms with Crippen LogP contribution in [-0.4, -0.2) is 35.5 Å². The molecule has 4 rings (SSSR count). The van der Waals surface area contributed by atoms with E-state index in [-0.39, 0.29) is 29.8 Å². The molecule has 0 radical (unpaired) electrons. The standard InChI is InChI=1S/C27H27BrN2O6S/c1-6-35-26(33)22-15(4)29-27-30(23(22)17-7-9-18(10-8-17)36-14(2)3)25(32)21(37-27)13-16-11-19(28)24(31)20(12-16)34-5/h7-14,23,31H,6H2,1-5H3/b21-13-/t23-/m1/s1. The molecule has 3 aromatic rings. The Balaban J connectivity index is 1.91. The quantitative estimate of drug-likeness (QED) is 0.419. The summed E-state index contributed by atoms with van der Waals surface area (Å²) >= 11 is 4.54. The van der Waals surface area contributed by atoms with Gasteiger partial charge in [0.25, 0.3) is 5.56 Å². The van der Waals surface area contributed by atoms with Crippen molar-refractivity contribution in [2.75, 3.05) is 13.7 Å². The maximum absolute atomic E-state index is 13.7. The molecular formula is C27H27BrN2O6S. The van der Waals surface area contributed by atoms with Crippen LogP contribution in [-0.2, 0) is 9.53 Å². The van der Waals surface area contributed by atoms with E-state index in [1.807, 2.05) is 38.1 Å². The van der Waals surface area contributed by atoms with E-state index < -0.39 is 12.0 Å². The maximum atomic E-state index is 13.7. The van der Waals surface area contributed by atoms with Gasteiger partial charge in [0.1, 0.15) is 5.75 Å². The van der Waals surface area contributed by atoms with Gasteiger partial charge in [-0.1, -0.05) is 23.5 Å². The second kappa shape index (κ2) is 10.9. The minimum absolute atomic E-state index is 0.0133. The van der Waals surface area contributed by atoms with Crippen molar-refractivity contribution in [2.24, 2.45) is 4.99 Å². The van der Waals surface area contributed by atoms with Crippen LogP contribution in [0.3, 0.4) is 0 Å². The van der Waals surface area contributed by atoms with Gasteiger partial charge < -0.3 is 19.3 Å². The molecule has 1 N–H and O–H groups in total. The van der Waals surface area contributed by atoms with E-state index in [0.717, 1.165) is 5.56 Å². The molecule has 0 unspecified atom stereocenters. The number of methoxy groups -OCH3 is 1. The number of thiazole rings is 1. The average molecular weight is 587 g/mol. The summed E-state index contributed by atoms with van der Waals surface area (Å²) in [5, 5.41) is 10.1. The fourth-order valence-electron chi connectivity index (χ4n) is 4.09. The number of carbonyl (C=O) groups is 1. The minimum atomic E-state index is -0.716. The number of ether oxygens (including phenoxy) is 3. The van der Waals surface area contributed by atoms with E-state index in [9.17, 15) is 14.7 Å². The Hall–Kier alpha value is -3.37. The van der Waals surface area contributed by atoms with Crippen LogP contribution in [0.2, 0.25) is 0 Å². The van der Waals surface area contributed by atoms with E-state index >= 15 is 0 Å². The van der Waals surface area contributed by atoms with Gasteiger partial charge in [0.15, 0.2) is 16.3 Å². The summed E-state index contributed by atoms with van der Waals surface area (Å²) in [6, 6.07) is 9.95. The van der Waals surface area contributed by atoms with E-state index in [1.165, 1.54) is 23.0 Å². The first-order chi connectivity index (χ1) is 17.6. The van der Waals surface area contributed by atoms with Crippen molar-refractivity contribution in [1.82, 2.24) is 4.57 Å². The fourth-order valence-corrected chi connectivity index (χ4v) is 5.60. The number of hydrogen-bond acceptors (Lipinski definition) is 8. The zero-order valence-electron chi connectivity index (χ0n) is 21.1. The van der Waals surface area contributed by atoms with Gasteiger partial charge in [0, 0.05) is 0 Å². The number of phenols is 1. The third-order valence-electron chi connectivity index (χ3n) is 5.65. The predicted octanol–water partition coefficient (Wildman–Crippen LogP) is 4.06. The first kappa shape index (κ1) is 26.7. The molecule has 194 valence electrons. The summed E-state index contributed by atoms with van der Waals surface area (Å²) in [6.07, 6.45) is 1.72. The van der Waals surface area contributed by atoms with Crippen LogP contribution in [0, 0.1) is 0 Å². The summed E-state index contributed by atoms with van der Waals surface area (Å²) < 4.78 is 18.7. The number of nitrogens with zero attached hydrogens (tertiary/aromatic N) is 2. The van der Waals surface area contributed by atoms with Crippen molar-refractivity contribution in [2.45, 2.75) is 39.8 Å². The number of rotatable bonds is 7. The summed E-state index contributed by atoms with van der Waals surface area (Å²) in [4.78, 5) is 31.8. The lowest BCUT2D eigenvalue weighted by molar-refractivity contribution is -0.139. The van der Waals surface area contributed by atoms with E-state index in [4.69, 9.17) is 14.2 Å². The topological polar surface area (TPSA) is 99.4 Å². The number of allylic oxidation sites excluding steroid dienone is 1. The Kier molecular flexibility index (Phi) is 7.89. The second-order valence-corrected chi connectivity index (χ2v) is 10.5. The Labute approximate surface area is 226 Å². The maximum Gasteiger partial charge on any atom is 0.338 e. The number of aromatic nitrogens is 1. The monoisotopic (exact) mass is 586 g/mol. The van der Waals surface area contributed by atoms with E-state index in [0.29, 0.717) is 36.4 Å². The number of esters is 1. The lowest BCUT2D eigenvalue weighted by Crippen LogP contribution is -2.39. The first-order valence-corrected chi connectivity index (χ1v) is 13.3. The molecule has 2 aromatic carbocycles. The minimum Gasteiger partial charge on any atom is -0.503 e. The second-order valence-electron chi connectivity index (χ2n) is 8.59. The highest BCUT2D eigenvalue weighted by Gasteiger charge is 2.33. The molecule has 2 heterocycles. The number of phenolic OH excluding ortho intramolecular Hbond substituents is 1. The molecule has 1 aliphatic heterocycles. The molecule has 10 heteroatoms. The van der Waals surface area contributed by atoms with Gasteiger partial charge in [0.05, 0.1) is 46.1 Å². The summed E-state index contributed by atoms with van der Waals surface area (Å²) in [7, 11) is 1.45. The van der Waals surface area contributed by atoms with Crippen molar-refractivity contribution in [3.05, 3.63) is 83.0 Å². The van der Waals surface area contributed by atoms with Gasteiger partial charge in [-0.3, -0.25) is 9.36 Å². The molecule has 1 aliphatic rings. The molecule has 0 amide bonds. The molecule has 0 saturated heterocycles. The molecule has 37 heavy (non-hydrogen) atoms. The predicted molar refractivity (Wildman–Crippen MR) is 145 cm³/mol. The Morgan fingerprint density at radius 3 is 2.59 bits per heavy atom. The highest BCUT2D eigenvalue weighted by atomic mass is 79.9. The van der Waals surface area contributed by atoms with Crippen molar-refractivity contribution < 1.29 is 24.1 Å². The lowest BCUT2D eigenvalue weighted by Gasteiger charge is -2.25. The van der Waals surface area contributed by atoms with E-state index in [2.05, 4.69) is 20.9 Å². The zero-order valence-corrected chi connectivity index (χ0v) is 23.5. The SMILES string of the molecule is CCOC(=O)C1=C(C)N=c2s/c(=C\c3cc(Br)c(O)c(OC)c3)c(=O)n2[C@@H]1c1ccc(OC(C)C)cc1. The van der Waals surface area contributed by atoms with Crippen LogP contribution >= 0.6 is 27.3 Å². The van der Waals surface area contributed by atoms with Gasteiger partial charge in [-0.15, -0.1) is 0 Å². The number of halogens is 1. The van der Waals surface area contributed by atoms with Crippen LogP contribution in [0.1, 0.15) is 44.9 Å². The van der Waals surface area contributed by atoms with Gasteiger partial charge >= 0.3 is 5.97 Å². The average Bonchev–Trinajstić information content (AvgIpc) is 3.15. The van der Waals surface area contributed by atoms with Crippen LogP contribution in [0.4, 0.5) is 0 Å². The van der Waals surface area contributed by atoms with Crippen LogP contribution in [0.5, 0.6) is 17.2 Å².